The number of pyridine rings is 1. The van der Waals surface area contributed by atoms with Crippen LogP contribution in [0, 0.1) is 0 Å². The van der Waals surface area contributed by atoms with Crippen molar-refractivity contribution < 1.29 is 13.2 Å². The highest BCUT2D eigenvalue weighted by atomic mass is 32.2. The Labute approximate surface area is 188 Å². The maximum atomic E-state index is 12.9. The van der Waals surface area contributed by atoms with E-state index in [4.69, 9.17) is 0 Å². The van der Waals surface area contributed by atoms with E-state index in [1.807, 2.05) is 60.7 Å². The van der Waals surface area contributed by atoms with E-state index in [1.165, 1.54) is 6.26 Å². The second kappa shape index (κ2) is 9.28. The molecule has 0 aliphatic carbocycles. The fourth-order valence-electron chi connectivity index (χ4n) is 3.77. The largest absolute Gasteiger partial charge is 0.294 e. The van der Waals surface area contributed by atoms with E-state index in [-0.39, 0.29) is 11.7 Å². The molecule has 0 saturated carbocycles. The van der Waals surface area contributed by atoms with Crippen LogP contribution < -0.4 is 0 Å². The number of aromatic nitrogens is 1. The molecule has 160 valence electrons. The molecule has 0 N–H and O–H groups in total. The van der Waals surface area contributed by atoms with E-state index in [2.05, 4.69) is 4.98 Å². The molecule has 4 nitrogen and oxygen atoms in total. The van der Waals surface area contributed by atoms with Crippen LogP contribution in [0.4, 0.5) is 0 Å². The number of carbonyl (C=O) groups excluding carboxylic acids is 1. The van der Waals surface area contributed by atoms with E-state index in [9.17, 15) is 13.2 Å². The van der Waals surface area contributed by atoms with Gasteiger partial charge < -0.3 is 0 Å². The molecule has 0 aliphatic heterocycles. The number of ketones is 1. The number of benzene rings is 3. The summed E-state index contributed by atoms with van der Waals surface area (Å²) in [6.07, 6.45) is 4.81. The molecule has 32 heavy (non-hydrogen) atoms. The summed E-state index contributed by atoms with van der Waals surface area (Å²) in [5.74, 6) is -0.0283. The van der Waals surface area contributed by atoms with Gasteiger partial charge in [0, 0.05) is 36.6 Å². The Morgan fingerprint density at radius 3 is 2.09 bits per heavy atom. The van der Waals surface area contributed by atoms with Crippen molar-refractivity contribution in [2.45, 2.75) is 17.2 Å². The second-order valence-corrected chi connectivity index (χ2v) is 9.76. The van der Waals surface area contributed by atoms with E-state index in [0.717, 1.165) is 22.3 Å². The minimum Gasteiger partial charge on any atom is -0.294 e. The number of rotatable bonds is 7. The van der Waals surface area contributed by atoms with Gasteiger partial charge in [0.15, 0.2) is 15.6 Å². The van der Waals surface area contributed by atoms with Crippen molar-refractivity contribution >= 4 is 15.6 Å². The van der Waals surface area contributed by atoms with Crippen LogP contribution in [0.5, 0.6) is 0 Å². The van der Waals surface area contributed by atoms with Crippen LogP contribution in [0.3, 0.4) is 0 Å². The Bertz CT molecular complexity index is 1320. The van der Waals surface area contributed by atoms with Crippen LogP contribution in [0.15, 0.2) is 108 Å². The first-order chi connectivity index (χ1) is 15.4. The van der Waals surface area contributed by atoms with Crippen molar-refractivity contribution in [1.82, 2.24) is 4.98 Å². The molecule has 3 aromatic carbocycles. The average Bonchev–Trinajstić information content (AvgIpc) is 2.83. The maximum absolute atomic E-state index is 12.9. The zero-order valence-electron chi connectivity index (χ0n) is 17.7. The summed E-state index contributed by atoms with van der Waals surface area (Å²) in [5.41, 5.74) is 4.51. The molecule has 5 heteroatoms. The molecule has 0 saturated heterocycles. The summed E-state index contributed by atoms with van der Waals surface area (Å²) < 4.78 is 23.8. The first-order valence-corrected chi connectivity index (χ1v) is 12.2. The molecule has 1 atom stereocenters. The average molecular weight is 442 g/mol. The van der Waals surface area contributed by atoms with Crippen LogP contribution in [-0.4, -0.2) is 25.4 Å². The Balaban J connectivity index is 1.66. The van der Waals surface area contributed by atoms with Crippen molar-refractivity contribution in [3.8, 4) is 11.1 Å². The minimum atomic E-state index is -3.27. The lowest BCUT2D eigenvalue weighted by atomic mass is 9.85. The quantitative estimate of drug-likeness (QED) is 0.352. The molecule has 0 radical (unpaired) electrons. The van der Waals surface area contributed by atoms with Crippen LogP contribution in [-0.2, 0) is 9.84 Å². The smallest absolute Gasteiger partial charge is 0.175 e. The number of carbonyl (C=O) groups is 1. The van der Waals surface area contributed by atoms with Gasteiger partial charge in [0.2, 0.25) is 0 Å². The van der Waals surface area contributed by atoms with Crippen molar-refractivity contribution in [1.29, 1.82) is 0 Å². The molecular formula is C27H23NO3S. The van der Waals surface area contributed by atoms with E-state index in [1.54, 1.807) is 42.7 Å². The first kappa shape index (κ1) is 21.7. The van der Waals surface area contributed by atoms with Crippen molar-refractivity contribution in [3.05, 3.63) is 120 Å². The molecule has 0 amide bonds. The van der Waals surface area contributed by atoms with E-state index in [0.29, 0.717) is 16.9 Å². The third kappa shape index (κ3) is 5.01. The number of sulfone groups is 1. The Morgan fingerprint density at radius 2 is 1.44 bits per heavy atom. The summed E-state index contributed by atoms with van der Waals surface area (Å²) in [5, 5.41) is 0. The third-order valence-corrected chi connectivity index (χ3v) is 6.61. The van der Waals surface area contributed by atoms with Gasteiger partial charge in [-0.1, -0.05) is 66.7 Å². The number of nitrogens with zero attached hydrogens (tertiary/aromatic N) is 1. The summed E-state index contributed by atoms with van der Waals surface area (Å²) in [7, 11) is -3.27. The Kier molecular flexibility index (Phi) is 6.28. The lowest BCUT2D eigenvalue weighted by Crippen LogP contribution is -2.09. The predicted octanol–water partition coefficient (Wildman–Crippen LogP) is 5.56. The van der Waals surface area contributed by atoms with Crippen LogP contribution in [0.25, 0.3) is 11.1 Å². The van der Waals surface area contributed by atoms with Crippen molar-refractivity contribution in [2.24, 2.45) is 0 Å². The molecular weight excluding hydrogens is 418 g/mol. The predicted molar refractivity (Wildman–Crippen MR) is 126 cm³/mol. The number of hydrogen-bond donors (Lipinski definition) is 0. The van der Waals surface area contributed by atoms with Crippen LogP contribution in [0.2, 0.25) is 0 Å². The Hall–Kier alpha value is -3.57. The summed E-state index contributed by atoms with van der Waals surface area (Å²) in [4.78, 5) is 17.2. The summed E-state index contributed by atoms with van der Waals surface area (Å²) in [6.45, 7) is 0. The zero-order chi connectivity index (χ0) is 22.6. The van der Waals surface area contributed by atoms with Crippen LogP contribution in [0.1, 0.15) is 33.8 Å². The van der Waals surface area contributed by atoms with Gasteiger partial charge in [-0.15, -0.1) is 0 Å². The molecule has 0 aliphatic rings. The molecule has 1 heterocycles. The highest BCUT2D eigenvalue weighted by Gasteiger charge is 2.19. The monoisotopic (exact) mass is 441 g/mol. The lowest BCUT2D eigenvalue weighted by molar-refractivity contribution is 0.0977. The van der Waals surface area contributed by atoms with Crippen molar-refractivity contribution in [2.75, 3.05) is 6.26 Å². The highest BCUT2D eigenvalue weighted by molar-refractivity contribution is 7.90. The van der Waals surface area contributed by atoms with Gasteiger partial charge in [-0.05, 0) is 46.5 Å². The second-order valence-electron chi connectivity index (χ2n) is 7.75. The topological polar surface area (TPSA) is 64.1 Å². The summed E-state index contributed by atoms with van der Waals surface area (Å²) >= 11 is 0. The first-order valence-electron chi connectivity index (χ1n) is 10.3. The fraction of sp³-hybridized carbons (Fsp3) is 0.111. The van der Waals surface area contributed by atoms with E-state index < -0.39 is 9.84 Å². The number of Topliss-reactive ketones (excluding diaryl/α,β-unsaturated/α-hetero) is 1. The van der Waals surface area contributed by atoms with Gasteiger partial charge in [0.05, 0.1) is 4.90 Å². The third-order valence-electron chi connectivity index (χ3n) is 5.50. The highest BCUT2D eigenvalue weighted by Crippen LogP contribution is 2.31. The zero-order valence-corrected chi connectivity index (χ0v) is 18.5. The van der Waals surface area contributed by atoms with Gasteiger partial charge in [-0.2, -0.15) is 0 Å². The van der Waals surface area contributed by atoms with Gasteiger partial charge in [-0.3, -0.25) is 9.78 Å². The summed E-state index contributed by atoms with van der Waals surface area (Å²) in [6, 6.07) is 28.4. The molecule has 1 aromatic heterocycles. The molecule has 0 fully saturated rings. The van der Waals surface area contributed by atoms with Gasteiger partial charge in [-0.25, -0.2) is 8.42 Å². The Morgan fingerprint density at radius 1 is 0.781 bits per heavy atom. The molecule has 0 bridgehead atoms. The maximum Gasteiger partial charge on any atom is 0.175 e. The van der Waals surface area contributed by atoms with Crippen LogP contribution >= 0.6 is 0 Å². The van der Waals surface area contributed by atoms with Gasteiger partial charge in [0.1, 0.15) is 0 Å². The fourth-order valence-corrected chi connectivity index (χ4v) is 4.44. The molecule has 1 unspecified atom stereocenters. The normalized spacial score (nSPS) is 12.3. The minimum absolute atomic E-state index is 0.0613. The SMILES string of the molecule is CS(=O)(=O)c1cccc(-c2ccc(C(CC(=O)c3ccncc3)c3ccccc3)cc2)c1. The van der Waals surface area contributed by atoms with Gasteiger partial charge >= 0.3 is 0 Å². The van der Waals surface area contributed by atoms with Gasteiger partial charge in [0.25, 0.3) is 0 Å². The molecule has 4 aromatic rings. The lowest BCUT2D eigenvalue weighted by Gasteiger charge is -2.18. The van der Waals surface area contributed by atoms with E-state index >= 15 is 0 Å². The molecule has 0 spiro atoms. The van der Waals surface area contributed by atoms with Crippen molar-refractivity contribution in [3.63, 3.8) is 0 Å². The molecule has 4 rings (SSSR count). The number of hydrogen-bond acceptors (Lipinski definition) is 4. The standard InChI is InChI=1S/C27H23NO3S/c1-32(30,31)25-9-5-8-24(18-25)20-10-12-22(13-11-20)26(21-6-3-2-4-7-21)19-27(29)23-14-16-28-17-15-23/h2-18,26H,19H2,1H3.